The van der Waals surface area contributed by atoms with Gasteiger partial charge in [-0.1, -0.05) is 6.92 Å². The molecule has 1 amide bonds. The monoisotopic (exact) mass is 262 g/mol. The molecule has 2 atom stereocenters. The van der Waals surface area contributed by atoms with Crippen LogP contribution in [0, 0.1) is 0 Å². The molecule has 0 radical (unpaired) electrons. The van der Waals surface area contributed by atoms with Gasteiger partial charge in [0.05, 0.1) is 6.54 Å². The summed E-state index contributed by atoms with van der Waals surface area (Å²) in [5.74, 6) is 0.692. The first-order chi connectivity index (χ1) is 7.76. The first-order valence-corrected chi connectivity index (χ1v) is 7.84. The molecule has 0 aliphatic carbocycles. The Balaban J connectivity index is 3.80. The van der Waals surface area contributed by atoms with Gasteiger partial charge in [-0.05, 0) is 33.6 Å². The molecule has 17 heavy (non-hydrogen) atoms. The molecular weight excluding hydrogens is 236 g/mol. The molecule has 2 N–H and O–H groups in total. The number of rotatable bonds is 8. The summed E-state index contributed by atoms with van der Waals surface area (Å²) >= 11 is 0. The van der Waals surface area contributed by atoms with E-state index in [9.17, 15) is 9.00 Å². The molecule has 0 saturated carbocycles. The predicted molar refractivity (Wildman–Crippen MR) is 73.5 cm³/mol. The Morgan fingerprint density at radius 3 is 2.47 bits per heavy atom. The average molecular weight is 262 g/mol. The molecule has 0 rings (SSSR count). The minimum Gasteiger partial charge on any atom is -0.350 e. The van der Waals surface area contributed by atoms with Gasteiger partial charge in [-0.15, -0.1) is 0 Å². The van der Waals surface area contributed by atoms with Gasteiger partial charge in [0, 0.05) is 34.4 Å². The van der Waals surface area contributed by atoms with Crippen LogP contribution in [0.4, 0.5) is 0 Å². The van der Waals surface area contributed by atoms with Gasteiger partial charge in [-0.3, -0.25) is 9.00 Å². The molecule has 2 unspecified atom stereocenters. The molecule has 0 heterocycles. The smallest absolute Gasteiger partial charge is 0.234 e. The highest BCUT2D eigenvalue weighted by Gasteiger charge is 2.17. The van der Waals surface area contributed by atoms with Gasteiger partial charge in [0.25, 0.3) is 0 Å². The molecular formula is C12H26N2O2S. The van der Waals surface area contributed by atoms with Gasteiger partial charge in [0.2, 0.25) is 5.91 Å². The minimum absolute atomic E-state index is 0.0151. The standard InChI is InChI=1S/C12H26N2O2S/c1-6-12(3,4)14-11(15)9-13-10(2)7-8-17(5)16/h10,13H,6-9H2,1-5H3,(H,14,15). The van der Waals surface area contributed by atoms with Crippen molar-refractivity contribution < 1.29 is 9.00 Å². The molecule has 0 aromatic heterocycles. The van der Waals surface area contributed by atoms with Crippen molar-refractivity contribution in [1.29, 1.82) is 0 Å². The number of hydrogen-bond donors (Lipinski definition) is 2. The molecule has 4 nitrogen and oxygen atoms in total. The highest BCUT2D eigenvalue weighted by atomic mass is 32.2. The maximum absolute atomic E-state index is 11.6. The van der Waals surface area contributed by atoms with E-state index in [0.29, 0.717) is 12.3 Å². The summed E-state index contributed by atoms with van der Waals surface area (Å²) in [6, 6.07) is 0.217. The normalized spacial score (nSPS) is 15.4. The lowest BCUT2D eigenvalue weighted by atomic mass is 10.0. The first kappa shape index (κ1) is 16.6. The third-order valence-corrected chi connectivity index (χ3v) is 3.62. The zero-order chi connectivity index (χ0) is 13.5. The van der Waals surface area contributed by atoms with Crippen LogP contribution in [-0.4, -0.2) is 40.3 Å². The fraction of sp³-hybridized carbons (Fsp3) is 0.917. The number of hydrogen-bond acceptors (Lipinski definition) is 3. The summed E-state index contributed by atoms with van der Waals surface area (Å²) in [4.78, 5) is 11.6. The molecule has 0 aromatic rings. The van der Waals surface area contributed by atoms with E-state index < -0.39 is 10.8 Å². The van der Waals surface area contributed by atoms with E-state index in [1.165, 1.54) is 0 Å². The molecule has 0 aromatic carbocycles. The second-order valence-electron chi connectivity index (χ2n) is 5.13. The lowest BCUT2D eigenvalue weighted by Crippen LogP contribution is -2.47. The third-order valence-electron chi connectivity index (χ3n) is 2.81. The van der Waals surface area contributed by atoms with Crippen molar-refractivity contribution in [2.75, 3.05) is 18.6 Å². The molecule has 0 saturated heterocycles. The van der Waals surface area contributed by atoms with Crippen LogP contribution in [-0.2, 0) is 15.6 Å². The van der Waals surface area contributed by atoms with Crippen molar-refractivity contribution in [3.8, 4) is 0 Å². The predicted octanol–water partition coefficient (Wildman–Crippen LogP) is 1.04. The van der Waals surface area contributed by atoms with E-state index in [-0.39, 0.29) is 17.5 Å². The van der Waals surface area contributed by atoms with Crippen molar-refractivity contribution in [2.24, 2.45) is 0 Å². The first-order valence-electron chi connectivity index (χ1n) is 6.11. The van der Waals surface area contributed by atoms with Crippen molar-refractivity contribution in [1.82, 2.24) is 10.6 Å². The Morgan fingerprint density at radius 2 is 2.00 bits per heavy atom. The van der Waals surface area contributed by atoms with E-state index in [1.807, 2.05) is 27.7 Å². The molecule has 5 heteroatoms. The summed E-state index contributed by atoms with van der Waals surface area (Å²) in [5.41, 5.74) is -0.146. The second-order valence-corrected chi connectivity index (χ2v) is 6.69. The summed E-state index contributed by atoms with van der Waals surface area (Å²) in [6.07, 6.45) is 3.43. The quantitative estimate of drug-likeness (QED) is 0.687. The van der Waals surface area contributed by atoms with Gasteiger partial charge < -0.3 is 10.6 Å². The average Bonchev–Trinajstić information content (AvgIpc) is 2.23. The largest absolute Gasteiger partial charge is 0.350 e. The highest BCUT2D eigenvalue weighted by molar-refractivity contribution is 7.84. The summed E-state index contributed by atoms with van der Waals surface area (Å²) < 4.78 is 10.9. The molecule has 0 aliphatic rings. The van der Waals surface area contributed by atoms with Gasteiger partial charge in [0.1, 0.15) is 0 Å². The van der Waals surface area contributed by atoms with E-state index in [4.69, 9.17) is 0 Å². The number of nitrogens with one attached hydrogen (secondary N) is 2. The molecule has 0 spiro atoms. The summed E-state index contributed by atoms with van der Waals surface area (Å²) in [6.45, 7) is 8.39. The SMILES string of the molecule is CCC(C)(C)NC(=O)CNC(C)CCS(C)=O. The van der Waals surface area contributed by atoms with Crippen LogP contribution in [0.5, 0.6) is 0 Å². The Kier molecular flexibility index (Phi) is 7.63. The van der Waals surface area contributed by atoms with E-state index in [0.717, 1.165) is 12.8 Å². The Morgan fingerprint density at radius 1 is 1.41 bits per heavy atom. The molecule has 0 aliphatic heterocycles. The van der Waals surface area contributed by atoms with Gasteiger partial charge >= 0.3 is 0 Å². The Labute approximate surface area is 107 Å². The van der Waals surface area contributed by atoms with Gasteiger partial charge in [-0.25, -0.2) is 0 Å². The van der Waals surface area contributed by atoms with Gasteiger partial charge in [-0.2, -0.15) is 0 Å². The zero-order valence-electron chi connectivity index (χ0n) is 11.6. The molecule has 0 bridgehead atoms. The van der Waals surface area contributed by atoms with E-state index in [1.54, 1.807) is 6.26 Å². The number of carbonyl (C=O) groups excluding carboxylic acids is 1. The molecule has 102 valence electrons. The Hall–Kier alpha value is -0.420. The van der Waals surface area contributed by atoms with Crippen LogP contribution in [0.2, 0.25) is 0 Å². The maximum atomic E-state index is 11.6. The van der Waals surface area contributed by atoms with Crippen LogP contribution in [0.1, 0.15) is 40.5 Å². The van der Waals surface area contributed by atoms with Crippen LogP contribution >= 0.6 is 0 Å². The van der Waals surface area contributed by atoms with Crippen LogP contribution in [0.3, 0.4) is 0 Å². The fourth-order valence-electron chi connectivity index (χ4n) is 1.22. The van der Waals surface area contributed by atoms with Crippen molar-refractivity contribution in [2.45, 2.75) is 52.1 Å². The Bertz CT molecular complexity index is 267. The van der Waals surface area contributed by atoms with Crippen molar-refractivity contribution in [3.05, 3.63) is 0 Å². The van der Waals surface area contributed by atoms with Crippen LogP contribution in [0.15, 0.2) is 0 Å². The number of amides is 1. The summed E-state index contributed by atoms with van der Waals surface area (Å²) in [7, 11) is -0.758. The zero-order valence-corrected chi connectivity index (χ0v) is 12.4. The highest BCUT2D eigenvalue weighted by Crippen LogP contribution is 2.05. The van der Waals surface area contributed by atoms with E-state index in [2.05, 4.69) is 10.6 Å². The topological polar surface area (TPSA) is 58.2 Å². The fourth-order valence-corrected chi connectivity index (χ4v) is 1.91. The lowest BCUT2D eigenvalue weighted by molar-refractivity contribution is -0.121. The summed E-state index contributed by atoms with van der Waals surface area (Å²) in [5, 5.41) is 6.10. The van der Waals surface area contributed by atoms with Crippen LogP contribution in [0.25, 0.3) is 0 Å². The third kappa shape index (κ3) is 9.30. The van der Waals surface area contributed by atoms with Gasteiger partial charge in [0.15, 0.2) is 0 Å². The van der Waals surface area contributed by atoms with Crippen molar-refractivity contribution >= 4 is 16.7 Å². The number of carbonyl (C=O) groups is 1. The second kappa shape index (κ2) is 7.82. The minimum atomic E-state index is -0.758. The van der Waals surface area contributed by atoms with E-state index >= 15 is 0 Å². The van der Waals surface area contributed by atoms with Crippen molar-refractivity contribution in [3.63, 3.8) is 0 Å². The maximum Gasteiger partial charge on any atom is 0.234 e. The lowest BCUT2D eigenvalue weighted by Gasteiger charge is -2.25. The molecule has 0 fully saturated rings. The van der Waals surface area contributed by atoms with Crippen LogP contribution < -0.4 is 10.6 Å².